The van der Waals surface area contributed by atoms with E-state index in [0.717, 1.165) is 24.0 Å². The number of fused-ring (bicyclic) bond motifs is 1. The van der Waals surface area contributed by atoms with Crippen LogP contribution in [0.15, 0.2) is 29.8 Å². The summed E-state index contributed by atoms with van der Waals surface area (Å²) in [4.78, 5) is 22.8. The van der Waals surface area contributed by atoms with Gasteiger partial charge in [-0.1, -0.05) is 24.3 Å². The number of rotatable bonds is 0. The van der Waals surface area contributed by atoms with Crippen LogP contribution in [0.5, 0.6) is 0 Å². The molecular weight excluding hydrogens is 202 g/mol. The average Bonchev–Trinajstić information content (AvgIpc) is 2.81. The minimum atomic E-state index is -0.211. The van der Waals surface area contributed by atoms with Crippen molar-refractivity contribution in [3.8, 4) is 0 Å². The van der Waals surface area contributed by atoms with E-state index in [2.05, 4.69) is 11.4 Å². The number of imide groups is 1. The number of hydrogen-bond acceptors (Lipinski definition) is 2. The molecule has 0 radical (unpaired) electrons. The highest BCUT2D eigenvalue weighted by molar-refractivity contribution is 6.17. The summed E-state index contributed by atoms with van der Waals surface area (Å²) in [5.74, 6) is -0.395. The molecule has 1 aromatic carbocycles. The number of benzene rings is 1. The van der Waals surface area contributed by atoms with Crippen LogP contribution in [0.1, 0.15) is 24.0 Å². The van der Waals surface area contributed by atoms with Crippen molar-refractivity contribution in [2.24, 2.45) is 0 Å². The van der Waals surface area contributed by atoms with Crippen molar-refractivity contribution in [1.82, 2.24) is 5.32 Å². The molecule has 1 fully saturated rings. The normalized spacial score (nSPS) is 23.5. The average molecular weight is 213 g/mol. The Bertz CT molecular complexity index is 528. The molecule has 3 rings (SSSR count). The highest BCUT2D eigenvalue weighted by atomic mass is 16.2. The van der Waals surface area contributed by atoms with E-state index in [4.69, 9.17) is 0 Å². The highest BCUT2D eigenvalue weighted by Crippen LogP contribution is 2.36. The number of aryl methyl sites for hydroxylation is 1. The second-order valence-corrected chi connectivity index (χ2v) is 4.17. The van der Waals surface area contributed by atoms with E-state index >= 15 is 0 Å². The summed E-state index contributed by atoms with van der Waals surface area (Å²) in [7, 11) is 0. The van der Waals surface area contributed by atoms with Gasteiger partial charge in [0.2, 0.25) is 5.91 Å². The van der Waals surface area contributed by atoms with Gasteiger partial charge in [0, 0.05) is 5.57 Å². The molecule has 1 N–H and O–H groups in total. The van der Waals surface area contributed by atoms with Crippen molar-refractivity contribution in [2.75, 3.05) is 0 Å². The van der Waals surface area contributed by atoms with Crippen molar-refractivity contribution in [3.63, 3.8) is 0 Å². The van der Waals surface area contributed by atoms with Crippen LogP contribution in [0, 0.1) is 0 Å². The van der Waals surface area contributed by atoms with Crippen molar-refractivity contribution < 1.29 is 9.59 Å². The molecule has 0 bridgehead atoms. The summed E-state index contributed by atoms with van der Waals surface area (Å²) >= 11 is 0. The third-order valence-corrected chi connectivity index (χ3v) is 3.22. The third-order valence-electron chi connectivity index (χ3n) is 3.22. The Kier molecular flexibility index (Phi) is 1.93. The first-order chi connectivity index (χ1) is 7.75. The smallest absolute Gasteiger partial charge is 0.254 e. The predicted molar refractivity (Wildman–Crippen MR) is 59.4 cm³/mol. The molecule has 1 heterocycles. The van der Waals surface area contributed by atoms with Crippen molar-refractivity contribution >= 4 is 17.4 Å². The van der Waals surface area contributed by atoms with Crippen molar-refractivity contribution in [3.05, 3.63) is 41.0 Å². The quantitative estimate of drug-likeness (QED) is 0.523. The fraction of sp³-hybridized carbons (Fsp3) is 0.231. The van der Waals surface area contributed by atoms with Gasteiger partial charge in [-0.25, -0.2) is 0 Å². The molecule has 80 valence electrons. The van der Waals surface area contributed by atoms with Crippen LogP contribution in [-0.2, 0) is 16.0 Å². The van der Waals surface area contributed by atoms with Crippen molar-refractivity contribution in [2.45, 2.75) is 19.3 Å². The van der Waals surface area contributed by atoms with Gasteiger partial charge in [-0.3, -0.25) is 14.9 Å². The topological polar surface area (TPSA) is 46.2 Å². The van der Waals surface area contributed by atoms with E-state index in [-0.39, 0.29) is 18.2 Å². The number of carbonyl (C=O) groups is 2. The monoisotopic (exact) mass is 213 g/mol. The zero-order valence-electron chi connectivity index (χ0n) is 8.75. The molecule has 1 aliphatic carbocycles. The van der Waals surface area contributed by atoms with Gasteiger partial charge in [-0.2, -0.15) is 0 Å². The van der Waals surface area contributed by atoms with Crippen LogP contribution in [0.3, 0.4) is 0 Å². The number of carbonyl (C=O) groups excluding carboxylic acids is 2. The number of hydrogen-bond donors (Lipinski definition) is 1. The van der Waals surface area contributed by atoms with Crippen LogP contribution in [0.25, 0.3) is 5.57 Å². The minimum Gasteiger partial charge on any atom is -0.292 e. The molecule has 0 spiro atoms. The van der Waals surface area contributed by atoms with E-state index in [1.54, 1.807) is 0 Å². The fourth-order valence-corrected chi connectivity index (χ4v) is 2.47. The molecule has 2 amide bonds. The lowest BCUT2D eigenvalue weighted by Crippen LogP contribution is -2.19. The Hall–Kier alpha value is -1.90. The molecule has 0 aromatic heterocycles. The first-order valence-corrected chi connectivity index (χ1v) is 5.40. The van der Waals surface area contributed by atoms with E-state index in [1.165, 1.54) is 5.56 Å². The molecule has 3 heteroatoms. The third kappa shape index (κ3) is 1.28. The lowest BCUT2D eigenvalue weighted by Gasteiger charge is -2.02. The standard InChI is InChI=1S/C13H11NO2/c15-12-7-11(13(16)14-12)10-6-5-8-3-1-2-4-9(8)10/h1-4H,5-7H2,(H,14,15,16). The summed E-state index contributed by atoms with van der Waals surface area (Å²) in [6.45, 7) is 0. The van der Waals surface area contributed by atoms with Gasteiger partial charge >= 0.3 is 0 Å². The number of allylic oxidation sites excluding steroid dienone is 1. The summed E-state index contributed by atoms with van der Waals surface area (Å²) in [6.07, 6.45) is 2.08. The molecule has 0 unspecified atom stereocenters. The maximum Gasteiger partial charge on any atom is 0.254 e. The zero-order valence-corrected chi connectivity index (χ0v) is 8.75. The van der Waals surface area contributed by atoms with Crippen LogP contribution in [0.2, 0.25) is 0 Å². The molecule has 0 atom stereocenters. The maximum absolute atomic E-state index is 11.6. The number of nitrogens with one attached hydrogen (secondary N) is 1. The van der Waals surface area contributed by atoms with Gasteiger partial charge in [0.15, 0.2) is 0 Å². The molecule has 1 aliphatic heterocycles. The van der Waals surface area contributed by atoms with E-state index in [0.29, 0.717) is 5.57 Å². The van der Waals surface area contributed by atoms with E-state index in [1.807, 2.05) is 18.2 Å². The molecule has 1 aromatic rings. The van der Waals surface area contributed by atoms with Gasteiger partial charge in [0.25, 0.3) is 5.91 Å². The Balaban J connectivity index is 2.13. The molecule has 3 nitrogen and oxygen atoms in total. The molecule has 16 heavy (non-hydrogen) atoms. The largest absolute Gasteiger partial charge is 0.292 e. The zero-order chi connectivity index (χ0) is 11.1. The minimum absolute atomic E-state index is 0.183. The van der Waals surface area contributed by atoms with Crippen LogP contribution < -0.4 is 5.32 Å². The Morgan fingerprint density at radius 2 is 1.81 bits per heavy atom. The second-order valence-electron chi connectivity index (χ2n) is 4.17. The van der Waals surface area contributed by atoms with E-state index < -0.39 is 0 Å². The van der Waals surface area contributed by atoms with E-state index in [9.17, 15) is 9.59 Å². The first-order valence-electron chi connectivity index (χ1n) is 5.40. The Morgan fingerprint density at radius 1 is 1.00 bits per heavy atom. The number of amides is 2. The first kappa shape index (κ1) is 9.33. The SMILES string of the molecule is O=C1CC(=C2CCc3ccccc32)C(=O)N1. The highest BCUT2D eigenvalue weighted by Gasteiger charge is 2.30. The molecular formula is C13H11NO2. The van der Waals surface area contributed by atoms with Gasteiger partial charge in [0.1, 0.15) is 0 Å². The van der Waals surface area contributed by atoms with Crippen molar-refractivity contribution in [1.29, 1.82) is 0 Å². The van der Waals surface area contributed by atoms with Gasteiger partial charge < -0.3 is 0 Å². The Morgan fingerprint density at radius 3 is 2.56 bits per heavy atom. The fourth-order valence-electron chi connectivity index (χ4n) is 2.47. The van der Waals surface area contributed by atoms with Crippen LogP contribution >= 0.6 is 0 Å². The lowest BCUT2D eigenvalue weighted by atomic mass is 10.0. The second kappa shape index (κ2) is 3.30. The summed E-state index contributed by atoms with van der Waals surface area (Å²) in [5.41, 5.74) is 4.13. The van der Waals surface area contributed by atoms with Gasteiger partial charge in [-0.15, -0.1) is 0 Å². The molecule has 2 aliphatic rings. The van der Waals surface area contributed by atoms with Gasteiger partial charge in [-0.05, 0) is 29.5 Å². The summed E-state index contributed by atoms with van der Waals surface area (Å²) in [6, 6.07) is 8.09. The molecule has 1 saturated heterocycles. The van der Waals surface area contributed by atoms with Crippen LogP contribution in [-0.4, -0.2) is 11.8 Å². The summed E-state index contributed by atoms with van der Waals surface area (Å²) in [5, 5.41) is 2.34. The Labute approximate surface area is 93.2 Å². The molecule has 0 saturated carbocycles. The lowest BCUT2D eigenvalue weighted by molar-refractivity contribution is -0.124. The maximum atomic E-state index is 11.6. The van der Waals surface area contributed by atoms with Gasteiger partial charge in [0.05, 0.1) is 6.42 Å². The predicted octanol–water partition coefficient (Wildman–Crippen LogP) is 1.43. The summed E-state index contributed by atoms with van der Waals surface area (Å²) < 4.78 is 0. The van der Waals surface area contributed by atoms with Crippen LogP contribution in [0.4, 0.5) is 0 Å².